The van der Waals surface area contributed by atoms with Crippen LogP contribution in [-0.2, 0) is 0 Å². The van der Waals surface area contributed by atoms with Gasteiger partial charge in [0.25, 0.3) is 0 Å². The van der Waals surface area contributed by atoms with Gasteiger partial charge in [0.05, 0.1) is 5.02 Å². The average molecular weight is 232 g/mol. The Morgan fingerprint density at radius 2 is 2.20 bits per heavy atom. The van der Waals surface area contributed by atoms with Gasteiger partial charge in [0.15, 0.2) is 0 Å². The van der Waals surface area contributed by atoms with E-state index in [0.29, 0.717) is 6.42 Å². The number of aliphatic hydroxyl groups excluding tert-OH is 1. The molecular formula is C11H15ClFNO. The lowest BCUT2D eigenvalue weighted by Gasteiger charge is -2.20. The van der Waals surface area contributed by atoms with Crippen LogP contribution >= 0.6 is 11.6 Å². The first-order chi connectivity index (χ1) is 7.06. The van der Waals surface area contributed by atoms with Crippen LogP contribution in [0, 0.1) is 5.82 Å². The number of halogens is 2. The van der Waals surface area contributed by atoms with Crippen molar-refractivity contribution in [3.05, 3.63) is 34.6 Å². The maximum atomic E-state index is 12.9. The number of nitrogens with two attached hydrogens (primary N) is 1. The van der Waals surface area contributed by atoms with E-state index in [9.17, 15) is 4.39 Å². The molecule has 0 saturated heterocycles. The third kappa shape index (κ3) is 3.16. The molecule has 84 valence electrons. The standard InChI is InChI=1S/C11H15ClFNO/c1-7(14)9(4-5-15)8-2-3-11(13)10(12)6-8/h2-3,6-7,9,15H,4-5,14H2,1H3. The van der Waals surface area contributed by atoms with Crippen molar-refractivity contribution in [2.75, 3.05) is 6.61 Å². The van der Waals surface area contributed by atoms with Crippen LogP contribution in [0.3, 0.4) is 0 Å². The largest absolute Gasteiger partial charge is 0.396 e. The van der Waals surface area contributed by atoms with Gasteiger partial charge in [-0.2, -0.15) is 0 Å². The predicted molar refractivity (Wildman–Crippen MR) is 59.5 cm³/mol. The summed E-state index contributed by atoms with van der Waals surface area (Å²) < 4.78 is 12.9. The van der Waals surface area contributed by atoms with Crippen LogP contribution in [0.5, 0.6) is 0 Å². The minimum atomic E-state index is -0.437. The zero-order chi connectivity index (χ0) is 11.4. The van der Waals surface area contributed by atoms with E-state index in [1.54, 1.807) is 12.1 Å². The van der Waals surface area contributed by atoms with Crippen LogP contribution in [0.25, 0.3) is 0 Å². The molecule has 0 aliphatic heterocycles. The van der Waals surface area contributed by atoms with E-state index < -0.39 is 5.82 Å². The van der Waals surface area contributed by atoms with E-state index in [1.807, 2.05) is 6.92 Å². The smallest absolute Gasteiger partial charge is 0.141 e. The van der Waals surface area contributed by atoms with Crippen molar-refractivity contribution in [1.82, 2.24) is 0 Å². The Bertz CT molecular complexity index is 330. The second kappa shape index (κ2) is 5.45. The molecule has 2 atom stereocenters. The van der Waals surface area contributed by atoms with Crippen molar-refractivity contribution in [2.24, 2.45) is 5.73 Å². The molecular weight excluding hydrogens is 217 g/mol. The fraction of sp³-hybridized carbons (Fsp3) is 0.455. The quantitative estimate of drug-likeness (QED) is 0.835. The van der Waals surface area contributed by atoms with Gasteiger partial charge in [-0.05, 0) is 31.0 Å². The van der Waals surface area contributed by atoms with Crippen molar-refractivity contribution in [1.29, 1.82) is 0 Å². The van der Waals surface area contributed by atoms with Gasteiger partial charge in [-0.1, -0.05) is 17.7 Å². The van der Waals surface area contributed by atoms with E-state index in [4.69, 9.17) is 22.4 Å². The monoisotopic (exact) mass is 231 g/mol. The third-order valence-corrected chi connectivity index (χ3v) is 2.74. The van der Waals surface area contributed by atoms with Crippen LogP contribution in [0.4, 0.5) is 4.39 Å². The number of rotatable bonds is 4. The summed E-state index contributed by atoms with van der Waals surface area (Å²) in [5.41, 5.74) is 6.66. The number of hydrogen-bond donors (Lipinski definition) is 2. The molecule has 0 aromatic heterocycles. The predicted octanol–water partition coefficient (Wildman–Crippen LogP) is 2.29. The highest BCUT2D eigenvalue weighted by atomic mass is 35.5. The highest BCUT2D eigenvalue weighted by Crippen LogP contribution is 2.26. The minimum absolute atomic E-state index is 0.00750. The molecule has 0 aliphatic rings. The summed E-state index contributed by atoms with van der Waals surface area (Å²) in [4.78, 5) is 0. The molecule has 0 heterocycles. The number of benzene rings is 1. The second-order valence-electron chi connectivity index (χ2n) is 3.65. The molecule has 0 amide bonds. The first-order valence-electron chi connectivity index (χ1n) is 4.87. The van der Waals surface area contributed by atoms with Gasteiger partial charge in [-0.15, -0.1) is 0 Å². The van der Waals surface area contributed by atoms with E-state index in [2.05, 4.69) is 0 Å². The van der Waals surface area contributed by atoms with Gasteiger partial charge in [-0.3, -0.25) is 0 Å². The molecule has 2 nitrogen and oxygen atoms in total. The molecule has 0 spiro atoms. The van der Waals surface area contributed by atoms with Crippen LogP contribution in [0.2, 0.25) is 5.02 Å². The van der Waals surface area contributed by atoms with Crippen LogP contribution in [0.1, 0.15) is 24.8 Å². The van der Waals surface area contributed by atoms with Gasteiger partial charge in [0.1, 0.15) is 5.82 Å². The van der Waals surface area contributed by atoms with Crippen LogP contribution < -0.4 is 5.73 Å². The Morgan fingerprint density at radius 3 is 2.67 bits per heavy atom. The fourth-order valence-corrected chi connectivity index (χ4v) is 1.80. The van der Waals surface area contributed by atoms with E-state index in [1.165, 1.54) is 6.07 Å². The molecule has 0 saturated carbocycles. The second-order valence-corrected chi connectivity index (χ2v) is 4.06. The lowest BCUT2D eigenvalue weighted by atomic mass is 9.90. The molecule has 3 N–H and O–H groups in total. The first-order valence-corrected chi connectivity index (χ1v) is 5.25. The zero-order valence-corrected chi connectivity index (χ0v) is 9.34. The Morgan fingerprint density at radius 1 is 1.53 bits per heavy atom. The summed E-state index contributed by atoms with van der Waals surface area (Å²) >= 11 is 5.68. The molecule has 1 rings (SSSR count). The minimum Gasteiger partial charge on any atom is -0.396 e. The topological polar surface area (TPSA) is 46.2 Å². The third-order valence-electron chi connectivity index (χ3n) is 2.45. The summed E-state index contributed by atoms with van der Waals surface area (Å²) in [6, 6.07) is 4.45. The molecule has 0 bridgehead atoms. The van der Waals surface area contributed by atoms with Gasteiger partial charge < -0.3 is 10.8 Å². The van der Waals surface area contributed by atoms with E-state index in [-0.39, 0.29) is 23.6 Å². The molecule has 15 heavy (non-hydrogen) atoms. The van der Waals surface area contributed by atoms with Crippen LogP contribution in [-0.4, -0.2) is 17.8 Å². The summed E-state index contributed by atoms with van der Waals surface area (Å²) in [6.45, 7) is 1.92. The van der Waals surface area contributed by atoms with E-state index >= 15 is 0 Å². The Labute approximate surface area is 93.9 Å². The fourth-order valence-electron chi connectivity index (χ4n) is 1.62. The zero-order valence-electron chi connectivity index (χ0n) is 8.58. The molecule has 4 heteroatoms. The Balaban J connectivity index is 2.95. The molecule has 2 unspecified atom stereocenters. The van der Waals surface area contributed by atoms with Crippen molar-refractivity contribution < 1.29 is 9.50 Å². The SMILES string of the molecule is CC(N)C(CCO)c1ccc(F)c(Cl)c1. The average Bonchev–Trinajstić information content (AvgIpc) is 2.18. The van der Waals surface area contributed by atoms with E-state index in [0.717, 1.165) is 5.56 Å². The van der Waals surface area contributed by atoms with Gasteiger partial charge in [0, 0.05) is 18.6 Å². The highest BCUT2D eigenvalue weighted by molar-refractivity contribution is 6.30. The maximum Gasteiger partial charge on any atom is 0.141 e. The normalized spacial score (nSPS) is 15.0. The molecule has 0 fully saturated rings. The summed E-state index contributed by atoms with van der Waals surface area (Å²) in [5, 5.41) is 9.00. The van der Waals surface area contributed by atoms with Gasteiger partial charge >= 0.3 is 0 Å². The lowest BCUT2D eigenvalue weighted by Crippen LogP contribution is -2.25. The Hall–Kier alpha value is -0.640. The first kappa shape index (κ1) is 12.4. The van der Waals surface area contributed by atoms with Crippen molar-refractivity contribution in [2.45, 2.75) is 25.3 Å². The molecule has 0 radical (unpaired) electrons. The number of hydrogen-bond acceptors (Lipinski definition) is 2. The van der Waals surface area contributed by atoms with Crippen molar-refractivity contribution >= 4 is 11.6 Å². The maximum absolute atomic E-state index is 12.9. The van der Waals surface area contributed by atoms with Crippen molar-refractivity contribution in [3.8, 4) is 0 Å². The Kier molecular flexibility index (Phi) is 4.51. The van der Waals surface area contributed by atoms with Crippen LogP contribution in [0.15, 0.2) is 18.2 Å². The van der Waals surface area contributed by atoms with Gasteiger partial charge in [0.2, 0.25) is 0 Å². The molecule has 1 aromatic rings. The molecule has 0 aliphatic carbocycles. The van der Waals surface area contributed by atoms with Gasteiger partial charge in [-0.25, -0.2) is 4.39 Å². The summed E-state index contributed by atoms with van der Waals surface area (Å²) in [5.74, 6) is -0.430. The highest BCUT2D eigenvalue weighted by Gasteiger charge is 2.16. The molecule has 1 aromatic carbocycles. The summed E-state index contributed by atoms with van der Waals surface area (Å²) in [6.07, 6.45) is 0.555. The van der Waals surface area contributed by atoms with Crippen molar-refractivity contribution in [3.63, 3.8) is 0 Å². The summed E-state index contributed by atoms with van der Waals surface area (Å²) in [7, 11) is 0. The number of aliphatic hydroxyl groups is 1. The lowest BCUT2D eigenvalue weighted by molar-refractivity contribution is 0.269.